The molecule has 6 nitrogen and oxygen atoms in total. The number of hydrogen-bond donors (Lipinski definition) is 0. The number of carbonyl (C=O) groups is 1. The number of benzene rings is 2. The summed E-state index contributed by atoms with van der Waals surface area (Å²) in [6, 6.07) is 13.7. The molecule has 0 saturated carbocycles. The number of nitrogens with zero attached hydrogens (tertiary/aromatic N) is 4. The highest BCUT2D eigenvalue weighted by atomic mass is 19.1. The van der Waals surface area contributed by atoms with E-state index in [-0.39, 0.29) is 17.3 Å². The number of anilines is 1. The molecule has 4 rings (SSSR count). The molecule has 1 amide bonds. The minimum absolute atomic E-state index is 0.168. The molecular formula is C25H27FN4O2. The van der Waals surface area contributed by atoms with Crippen LogP contribution in [-0.4, -0.2) is 46.8 Å². The molecule has 0 aliphatic carbocycles. The summed E-state index contributed by atoms with van der Waals surface area (Å²) >= 11 is 0. The van der Waals surface area contributed by atoms with Gasteiger partial charge in [0.25, 0.3) is 11.5 Å². The van der Waals surface area contributed by atoms with Gasteiger partial charge in [-0.1, -0.05) is 12.1 Å². The van der Waals surface area contributed by atoms with Crippen LogP contribution in [0, 0.1) is 26.6 Å². The van der Waals surface area contributed by atoms with Crippen molar-refractivity contribution in [2.75, 3.05) is 31.1 Å². The van der Waals surface area contributed by atoms with Gasteiger partial charge >= 0.3 is 0 Å². The fourth-order valence-electron chi connectivity index (χ4n) is 3.87. The zero-order valence-electron chi connectivity index (χ0n) is 18.6. The van der Waals surface area contributed by atoms with Gasteiger partial charge in [0.2, 0.25) is 0 Å². The van der Waals surface area contributed by atoms with E-state index in [0.717, 1.165) is 23.2 Å². The van der Waals surface area contributed by atoms with Gasteiger partial charge in [-0.15, -0.1) is 5.10 Å². The van der Waals surface area contributed by atoms with E-state index >= 15 is 0 Å². The van der Waals surface area contributed by atoms with E-state index in [1.807, 2.05) is 32.0 Å². The highest BCUT2D eigenvalue weighted by molar-refractivity contribution is 5.94. The molecule has 0 radical (unpaired) electrons. The number of halogens is 1. The summed E-state index contributed by atoms with van der Waals surface area (Å²) in [5.74, 6) is 0.155. The quantitative estimate of drug-likeness (QED) is 0.632. The maximum absolute atomic E-state index is 13.9. The van der Waals surface area contributed by atoms with Gasteiger partial charge in [-0.3, -0.25) is 9.59 Å². The number of hydrogen-bond acceptors (Lipinski definition) is 4. The summed E-state index contributed by atoms with van der Waals surface area (Å²) in [5, 5.41) is 4.61. The number of amides is 1. The molecule has 1 saturated heterocycles. The Bertz CT molecular complexity index is 1220. The van der Waals surface area contributed by atoms with Crippen LogP contribution in [0.25, 0.3) is 5.69 Å². The third kappa shape index (κ3) is 4.42. The van der Waals surface area contributed by atoms with Gasteiger partial charge in [0.05, 0.1) is 5.69 Å². The SMILES string of the molecule is Cc1ccc(-n2nc(N3CCCN(C(=O)c4ccc(C)c(F)c4)CC3)ccc2=O)cc1C. The Hall–Kier alpha value is -3.48. The van der Waals surface area contributed by atoms with Gasteiger partial charge in [-0.05, 0) is 74.2 Å². The van der Waals surface area contributed by atoms with Crippen LogP contribution in [0.1, 0.15) is 33.5 Å². The van der Waals surface area contributed by atoms with Gasteiger partial charge in [0, 0.05) is 37.8 Å². The summed E-state index contributed by atoms with van der Waals surface area (Å²) < 4.78 is 15.3. The van der Waals surface area contributed by atoms with E-state index in [1.54, 1.807) is 30.0 Å². The van der Waals surface area contributed by atoms with Crippen molar-refractivity contribution in [3.63, 3.8) is 0 Å². The lowest BCUT2D eigenvalue weighted by molar-refractivity contribution is 0.0766. The first-order valence-electron chi connectivity index (χ1n) is 10.8. The molecule has 3 aromatic rings. The first-order valence-corrected chi connectivity index (χ1v) is 10.8. The molecule has 2 heterocycles. The molecule has 1 aromatic heterocycles. The maximum atomic E-state index is 13.9. The van der Waals surface area contributed by atoms with Crippen molar-refractivity contribution in [2.24, 2.45) is 0 Å². The lowest BCUT2D eigenvalue weighted by Crippen LogP contribution is -2.36. The zero-order chi connectivity index (χ0) is 22.8. The second-order valence-corrected chi connectivity index (χ2v) is 8.31. The molecule has 0 atom stereocenters. The molecule has 7 heteroatoms. The monoisotopic (exact) mass is 434 g/mol. The van der Waals surface area contributed by atoms with Crippen LogP contribution in [0.3, 0.4) is 0 Å². The third-order valence-corrected chi connectivity index (χ3v) is 6.05. The molecule has 2 aromatic carbocycles. The van der Waals surface area contributed by atoms with Crippen LogP contribution < -0.4 is 10.5 Å². The Balaban J connectivity index is 1.53. The second kappa shape index (κ2) is 8.94. The van der Waals surface area contributed by atoms with Crippen molar-refractivity contribution >= 4 is 11.7 Å². The number of aromatic nitrogens is 2. The van der Waals surface area contributed by atoms with E-state index < -0.39 is 0 Å². The van der Waals surface area contributed by atoms with Crippen molar-refractivity contribution in [2.45, 2.75) is 27.2 Å². The first kappa shape index (κ1) is 21.7. The fraction of sp³-hybridized carbons (Fsp3) is 0.320. The second-order valence-electron chi connectivity index (χ2n) is 8.31. The number of rotatable bonds is 3. The minimum atomic E-state index is -0.370. The van der Waals surface area contributed by atoms with E-state index in [1.165, 1.54) is 16.8 Å². The van der Waals surface area contributed by atoms with Gasteiger partial charge in [0.15, 0.2) is 0 Å². The Morgan fingerprint density at radius 1 is 0.875 bits per heavy atom. The van der Waals surface area contributed by atoms with Crippen LogP contribution in [0.4, 0.5) is 10.2 Å². The fourth-order valence-corrected chi connectivity index (χ4v) is 3.87. The average Bonchev–Trinajstić information content (AvgIpc) is 3.04. The molecule has 0 N–H and O–H groups in total. The molecule has 1 aliphatic rings. The van der Waals surface area contributed by atoms with Crippen LogP contribution >= 0.6 is 0 Å². The lowest BCUT2D eigenvalue weighted by Gasteiger charge is -2.23. The van der Waals surface area contributed by atoms with Crippen LogP contribution in [-0.2, 0) is 0 Å². The molecule has 0 unspecified atom stereocenters. The summed E-state index contributed by atoms with van der Waals surface area (Å²) in [6.45, 7) is 8.09. The van der Waals surface area contributed by atoms with Crippen LogP contribution in [0.15, 0.2) is 53.3 Å². The molecule has 0 bridgehead atoms. The molecule has 1 fully saturated rings. The van der Waals surface area contributed by atoms with Crippen molar-refractivity contribution in [1.82, 2.24) is 14.7 Å². The maximum Gasteiger partial charge on any atom is 0.271 e. The van der Waals surface area contributed by atoms with Gasteiger partial charge in [-0.25, -0.2) is 4.39 Å². The van der Waals surface area contributed by atoms with E-state index in [4.69, 9.17) is 0 Å². The molecular weight excluding hydrogens is 407 g/mol. The summed E-state index contributed by atoms with van der Waals surface area (Å²) in [7, 11) is 0. The van der Waals surface area contributed by atoms with E-state index in [0.29, 0.717) is 43.1 Å². The van der Waals surface area contributed by atoms with Gasteiger partial charge in [-0.2, -0.15) is 4.68 Å². The van der Waals surface area contributed by atoms with Crippen LogP contribution in [0.2, 0.25) is 0 Å². The highest BCUT2D eigenvalue weighted by Crippen LogP contribution is 2.17. The predicted octanol–water partition coefficient (Wildman–Crippen LogP) is 3.65. The average molecular weight is 435 g/mol. The highest BCUT2D eigenvalue weighted by Gasteiger charge is 2.22. The smallest absolute Gasteiger partial charge is 0.271 e. The van der Waals surface area contributed by atoms with Crippen molar-refractivity contribution in [3.8, 4) is 5.69 Å². The molecule has 32 heavy (non-hydrogen) atoms. The summed E-state index contributed by atoms with van der Waals surface area (Å²) in [4.78, 5) is 29.2. The Labute approximate surface area is 186 Å². The van der Waals surface area contributed by atoms with Crippen molar-refractivity contribution in [3.05, 3.63) is 87.0 Å². The Morgan fingerprint density at radius 2 is 1.66 bits per heavy atom. The largest absolute Gasteiger partial charge is 0.353 e. The van der Waals surface area contributed by atoms with Crippen molar-refractivity contribution in [1.29, 1.82) is 0 Å². The topological polar surface area (TPSA) is 58.4 Å². The molecule has 0 spiro atoms. The zero-order valence-corrected chi connectivity index (χ0v) is 18.6. The van der Waals surface area contributed by atoms with Crippen molar-refractivity contribution < 1.29 is 9.18 Å². The molecule has 1 aliphatic heterocycles. The Morgan fingerprint density at radius 3 is 2.41 bits per heavy atom. The predicted molar refractivity (Wildman–Crippen MR) is 123 cm³/mol. The normalized spacial score (nSPS) is 14.4. The minimum Gasteiger partial charge on any atom is -0.353 e. The van der Waals surface area contributed by atoms with E-state index in [2.05, 4.69) is 10.00 Å². The first-order chi connectivity index (χ1) is 15.3. The summed E-state index contributed by atoms with van der Waals surface area (Å²) in [6.07, 6.45) is 0.754. The number of aryl methyl sites for hydroxylation is 3. The van der Waals surface area contributed by atoms with Crippen LogP contribution in [0.5, 0.6) is 0 Å². The number of carbonyl (C=O) groups excluding carboxylic acids is 1. The van der Waals surface area contributed by atoms with Gasteiger partial charge in [0.1, 0.15) is 11.6 Å². The Kier molecular flexibility index (Phi) is 6.08. The van der Waals surface area contributed by atoms with E-state index in [9.17, 15) is 14.0 Å². The van der Waals surface area contributed by atoms with Gasteiger partial charge < -0.3 is 9.80 Å². The third-order valence-electron chi connectivity index (χ3n) is 6.05. The lowest BCUT2D eigenvalue weighted by atomic mass is 10.1. The summed E-state index contributed by atoms with van der Waals surface area (Å²) in [5.41, 5.74) is 3.68. The molecule has 166 valence electrons. The standard InChI is InChI=1S/C25H27FN4O2/c1-17-6-8-21(15-19(17)3)30-24(31)10-9-23(27-30)28-11-4-12-29(14-13-28)25(32)20-7-5-18(2)22(26)16-20/h5-10,15-16H,4,11-14H2,1-3H3.